The number of carbonyl (C=O) groups excluding carboxylic acids is 3. The third-order valence-corrected chi connectivity index (χ3v) is 9.12. The molecule has 3 unspecified atom stereocenters. The van der Waals surface area contributed by atoms with Crippen molar-refractivity contribution in [3.8, 4) is 0 Å². The molecule has 0 spiro atoms. The Morgan fingerprint density at radius 1 is 1.05 bits per heavy atom. The van der Waals surface area contributed by atoms with E-state index in [1.807, 2.05) is 92.2 Å². The molecule has 3 N–H and O–H groups in total. The van der Waals surface area contributed by atoms with Gasteiger partial charge in [-0.15, -0.1) is 11.8 Å². The number of aliphatic hydroxyl groups excluding tert-OH is 1. The van der Waals surface area contributed by atoms with Gasteiger partial charge >= 0.3 is 0 Å². The van der Waals surface area contributed by atoms with E-state index in [4.69, 9.17) is 0 Å². The highest BCUT2D eigenvalue weighted by Gasteiger charge is 2.49. The summed E-state index contributed by atoms with van der Waals surface area (Å²) in [6.07, 6.45) is -1.08. The highest BCUT2D eigenvalue weighted by Crippen LogP contribution is 2.40. The molecule has 0 radical (unpaired) electrons. The third-order valence-electron chi connectivity index (χ3n) is 7.02. The Labute approximate surface area is 238 Å². The smallest absolute Gasteiger partial charge is 0.254 e. The fourth-order valence-electron chi connectivity index (χ4n) is 4.79. The van der Waals surface area contributed by atoms with Crippen molar-refractivity contribution in [2.24, 2.45) is 0 Å². The number of thioether (sulfide) groups is 1. The van der Waals surface area contributed by atoms with Crippen molar-refractivity contribution in [1.29, 1.82) is 0 Å². The van der Waals surface area contributed by atoms with Crippen molar-refractivity contribution in [2.75, 3.05) is 5.88 Å². The quantitative estimate of drug-likeness (QED) is 0.348. The topological polar surface area (TPSA) is 98.7 Å². The minimum absolute atomic E-state index is 0.159. The molecule has 2 aromatic carbocycles. The van der Waals surface area contributed by atoms with Gasteiger partial charge in [-0.3, -0.25) is 14.4 Å². The second kappa shape index (κ2) is 12.8. The van der Waals surface area contributed by atoms with E-state index >= 15 is 0 Å². The number of thiophene rings is 1. The van der Waals surface area contributed by atoms with Crippen molar-refractivity contribution < 1.29 is 19.5 Å². The molecule has 2 heterocycles. The highest BCUT2D eigenvalue weighted by molar-refractivity contribution is 8.00. The molecular formula is C30H35N3O4S2. The predicted octanol–water partition coefficient (Wildman–Crippen LogP) is 3.68. The lowest BCUT2D eigenvalue weighted by molar-refractivity contribution is -0.147. The molecule has 3 atom stereocenters. The summed E-state index contributed by atoms with van der Waals surface area (Å²) in [4.78, 5) is 41.5. The number of nitrogens with zero attached hydrogens (tertiary/aromatic N) is 1. The molecule has 1 aromatic heterocycles. The molecule has 206 valence electrons. The average molecular weight is 566 g/mol. The Balaban J connectivity index is 1.50. The molecule has 1 saturated heterocycles. The van der Waals surface area contributed by atoms with E-state index in [2.05, 4.69) is 10.6 Å². The summed E-state index contributed by atoms with van der Waals surface area (Å²) in [5, 5.41) is 21.0. The Morgan fingerprint density at radius 2 is 1.77 bits per heavy atom. The van der Waals surface area contributed by atoms with E-state index in [9.17, 15) is 19.5 Å². The van der Waals surface area contributed by atoms with Gasteiger partial charge < -0.3 is 20.6 Å². The number of rotatable bonds is 10. The fraction of sp³-hybridized carbons (Fsp3) is 0.367. The van der Waals surface area contributed by atoms with E-state index in [1.54, 1.807) is 0 Å². The van der Waals surface area contributed by atoms with Crippen molar-refractivity contribution in [2.45, 2.75) is 63.1 Å². The summed E-state index contributed by atoms with van der Waals surface area (Å²) < 4.78 is -0.553. The van der Waals surface area contributed by atoms with Crippen LogP contribution in [0.3, 0.4) is 0 Å². The van der Waals surface area contributed by atoms with Gasteiger partial charge in [-0.05, 0) is 66.3 Å². The van der Waals surface area contributed by atoms with Gasteiger partial charge in [0.1, 0.15) is 6.04 Å². The number of hydrogen-bond acceptors (Lipinski definition) is 6. The number of amides is 3. The maximum absolute atomic E-state index is 13.7. The lowest BCUT2D eigenvalue weighted by Gasteiger charge is -2.33. The van der Waals surface area contributed by atoms with Crippen molar-refractivity contribution in [3.05, 3.63) is 93.7 Å². The Bertz CT molecular complexity index is 1280. The molecule has 3 amide bonds. The summed E-state index contributed by atoms with van der Waals surface area (Å²) in [7, 11) is 0. The maximum atomic E-state index is 13.7. The van der Waals surface area contributed by atoms with Crippen LogP contribution in [0.1, 0.15) is 36.1 Å². The van der Waals surface area contributed by atoms with Crippen LogP contribution >= 0.6 is 23.1 Å². The SMILES string of the molecule is Cc1ccccc1CNC(=O)C1N(C(=O)C(O)C(Cc2ccccc2)NC(=O)Cc2ccsc2)CSC1(C)C. The molecular weight excluding hydrogens is 530 g/mol. The average Bonchev–Trinajstić information content (AvgIpc) is 3.54. The van der Waals surface area contributed by atoms with Gasteiger partial charge in [0, 0.05) is 11.3 Å². The summed E-state index contributed by atoms with van der Waals surface area (Å²) in [5.74, 6) is -0.840. The fourth-order valence-corrected chi connectivity index (χ4v) is 6.60. The lowest BCUT2D eigenvalue weighted by Crippen LogP contribution is -2.58. The van der Waals surface area contributed by atoms with Gasteiger partial charge in [-0.25, -0.2) is 0 Å². The lowest BCUT2D eigenvalue weighted by atomic mass is 9.97. The van der Waals surface area contributed by atoms with Crippen LogP contribution in [0.2, 0.25) is 0 Å². The second-order valence-electron chi connectivity index (χ2n) is 10.3. The monoisotopic (exact) mass is 565 g/mol. The summed E-state index contributed by atoms with van der Waals surface area (Å²) in [6, 6.07) is 17.5. The first-order valence-corrected chi connectivity index (χ1v) is 14.9. The second-order valence-corrected chi connectivity index (χ2v) is 12.7. The number of benzene rings is 2. The van der Waals surface area contributed by atoms with Gasteiger partial charge in [0.15, 0.2) is 6.10 Å². The van der Waals surface area contributed by atoms with Crippen molar-refractivity contribution in [1.82, 2.24) is 15.5 Å². The van der Waals surface area contributed by atoms with Crippen molar-refractivity contribution in [3.63, 3.8) is 0 Å². The molecule has 39 heavy (non-hydrogen) atoms. The van der Waals surface area contributed by atoms with Gasteiger partial charge in [-0.1, -0.05) is 54.6 Å². The molecule has 7 nitrogen and oxygen atoms in total. The van der Waals surface area contributed by atoms with E-state index in [0.717, 1.165) is 22.3 Å². The molecule has 9 heteroatoms. The minimum Gasteiger partial charge on any atom is -0.381 e. The molecule has 1 aliphatic heterocycles. The molecule has 1 fully saturated rings. The molecule has 0 aliphatic carbocycles. The summed E-state index contributed by atoms with van der Waals surface area (Å²) in [5.41, 5.74) is 3.83. The summed E-state index contributed by atoms with van der Waals surface area (Å²) >= 11 is 3.00. The van der Waals surface area contributed by atoms with Crippen LogP contribution in [0.5, 0.6) is 0 Å². The van der Waals surface area contributed by atoms with Crippen LogP contribution in [-0.4, -0.2) is 56.5 Å². The van der Waals surface area contributed by atoms with Crippen LogP contribution < -0.4 is 10.6 Å². The Kier molecular flexibility index (Phi) is 9.48. The largest absolute Gasteiger partial charge is 0.381 e. The maximum Gasteiger partial charge on any atom is 0.254 e. The standard InChI is InChI=1S/C30H35N3O4S2/c1-20-9-7-8-12-23(20)17-31-28(36)27-30(2,3)39-19-33(27)29(37)26(35)24(15-21-10-5-4-6-11-21)32-25(34)16-22-13-14-38-18-22/h4-14,18,24,26-27,35H,15-17,19H2,1-3H3,(H,31,36)(H,32,34). The van der Waals surface area contributed by atoms with Crippen molar-refractivity contribution >= 4 is 40.8 Å². The molecule has 1 aliphatic rings. The molecule has 0 saturated carbocycles. The molecule has 4 rings (SSSR count). The summed E-state index contributed by atoms with van der Waals surface area (Å²) in [6.45, 7) is 6.20. The zero-order chi connectivity index (χ0) is 28.0. The first-order chi connectivity index (χ1) is 18.7. The van der Waals surface area contributed by atoms with Crippen LogP contribution in [0.15, 0.2) is 71.4 Å². The zero-order valence-corrected chi connectivity index (χ0v) is 24.1. The van der Waals surface area contributed by atoms with Crippen LogP contribution in [0.25, 0.3) is 0 Å². The van der Waals surface area contributed by atoms with Gasteiger partial charge in [0.05, 0.1) is 18.3 Å². The minimum atomic E-state index is -1.52. The van der Waals surface area contributed by atoms with Gasteiger partial charge in [0.25, 0.3) is 5.91 Å². The number of aryl methyl sites for hydroxylation is 1. The van der Waals surface area contributed by atoms with Gasteiger partial charge in [0.2, 0.25) is 11.8 Å². The zero-order valence-electron chi connectivity index (χ0n) is 22.4. The first kappa shape index (κ1) is 28.9. The number of carbonyl (C=O) groups is 3. The third kappa shape index (κ3) is 7.29. The van der Waals surface area contributed by atoms with E-state index in [-0.39, 0.29) is 30.5 Å². The van der Waals surface area contributed by atoms with Gasteiger partial charge in [-0.2, -0.15) is 11.3 Å². The van der Waals surface area contributed by atoms with Crippen LogP contribution in [-0.2, 0) is 33.8 Å². The Morgan fingerprint density at radius 3 is 2.46 bits per heavy atom. The van der Waals surface area contributed by atoms with Crippen LogP contribution in [0.4, 0.5) is 0 Å². The first-order valence-electron chi connectivity index (χ1n) is 12.9. The number of nitrogens with one attached hydrogen (secondary N) is 2. The van der Waals surface area contributed by atoms with E-state index in [0.29, 0.717) is 6.54 Å². The van der Waals surface area contributed by atoms with Crippen LogP contribution in [0, 0.1) is 6.92 Å². The number of aliphatic hydroxyl groups is 1. The molecule has 3 aromatic rings. The predicted molar refractivity (Wildman–Crippen MR) is 156 cm³/mol. The van der Waals surface area contributed by atoms with E-state index < -0.39 is 28.8 Å². The highest BCUT2D eigenvalue weighted by atomic mass is 32.2. The van der Waals surface area contributed by atoms with E-state index in [1.165, 1.54) is 28.0 Å². The Hall–Kier alpha value is -3.14. The molecule has 0 bridgehead atoms. The normalized spacial score (nSPS) is 17.8. The number of hydrogen-bond donors (Lipinski definition) is 3.